The lowest BCUT2D eigenvalue weighted by Crippen LogP contribution is -2.66. The van der Waals surface area contributed by atoms with E-state index in [1.165, 1.54) is 24.0 Å². The van der Waals surface area contributed by atoms with Gasteiger partial charge in [-0.1, -0.05) is 26.0 Å². The fourth-order valence-electron chi connectivity index (χ4n) is 5.98. The second kappa shape index (κ2) is 17.4. The van der Waals surface area contributed by atoms with E-state index < -0.39 is 95.9 Å². The molecule has 6 amide bonds. The van der Waals surface area contributed by atoms with Crippen molar-refractivity contribution in [3.8, 4) is 5.75 Å². The van der Waals surface area contributed by atoms with Gasteiger partial charge in [-0.15, -0.1) is 0 Å². The van der Waals surface area contributed by atoms with Crippen molar-refractivity contribution in [1.82, 2.24) is 36.8 Å². The number of phenols is 1. The van der Waals surface area contributed by atoms with Gasteiger partial charge >= 0.3 is 5.97 Å². The Hall–Kier alpha value is -4.77. The molecule has 2 fully saturated rings. The summed E-state index contributed by atoms with van der Waals surface area (Å²) >= 11 is 0. The molecule has 2 saturated heterocycles. The van der Waals surface area contributed by atoms with Crippen LogP contribution < -0.4 is 31.9 Å². The molecule has 9 N–H and O–H groups in total. The van der Waals surface area contributed by atoms with Crippen LogP contribution in [0.5, 0.6) is 5.75 Å². The van der Waals surface area contributed by atoms with Gasteiger partial charge in [-0.25, -0.2) is 0 Å². The van der Waals surface area contributed by atoms with Crippen LogP contribution in [0, 0.1) is 5.92 Å². The third-order valence-corrected chi connectivity index (χ3v) is 8.38. The number of carbonyl (C=O) groups excluding carboxylic acids is 6. The summed E-state index contributed by atoms with van der Waals surface area (Å²) in [7, 11) is 0. The van der Waals surface area contributed by atoms with Crippen LogP contribution >= 0.6 is 0 Å². The van der Waals surface area contributed by atoms with E-state index in [-0.39, 0.29) is 37.5 Å². The van der Waals surface area contributed by atoms with Gasteiger partial charge in [-0.2, -0.15) is 0 Å². The Balaban J connectivity index is 2.15. The molecule has 2 aliphatic rings. The zero-order valence-corrected chi connectivity index (χ0v) is 29.8. The van der Waals surface area contributed by atoms with E-state index in [4.69, 9.17) is 0 Å². The summed E-state index contributed by atoms with van der Waals surface area (Å²) < 4.78 is 0. The number of aromatic hydroxyl groups is 1. The average molecular weight is 718 g/mol. The van der Waals surface area contributed by atoms with Gasteiger partial charge in [0, 0.05) is 18.5 Å². The summed E-state index contributed by atoms with van der Waals surface area (Å²) in [4.78, 5) is 95.7. The first kappa shape index (κ1) is 40.7. The highest BCUT2D eigenvalue weighted by Crippen LogP contribution is 2.22. The molecular formula is C34H51N7O10. The van der Waals surface area contributed by atoms with E-state index in [0.717, 1.165) is 0 Å². The van der Waals surface area contributed by atoms with Crippen LogP contribution in [0.3, 0.4) is 0 Å². The zero-order valence-electron chi connectivity index (χ0n) is 29.8. The minimum absolute atomic E-state index is 0.0178. The Labute approximate surface area is 296 Å². The molecule has 0 radical (unpaired) electrons. The lowest BCUT2D eigenvalue weighted by molar-refractivity contribution is -0.143. The van der Waals surface area contributed by atoms with Gasteiger partial charge in [0.05, 0.1) is 18.6 Å². The Morgan fingerprint density at radius 2 is 1.41 bits per heavy atom. The molecule has 2 heterocycles. The van der Waals surface area contributed by atoms with Crippen molar-refractivity contribution >= 4 is 41.4 Å². The highest BCUT2D eigenvalue weighted by Gasteiger charge is 2.43. The molecule has 0 aliphatic carbocycles. The predicted molar refractivity (Wildman–Crippen MR) is 182 cm³/mol. The fraction of sp³-hybridized carbons (Fsp3) is 0.618. The molecule has 0 aromatic heterocycles. The van der Waals surface area contributed by atoms with Crippen LogP contribution in [0.4, 0.5) is 0 Å². The van der Waals surface area contributed by atoms with Crippen molar-refractivity contribution in [2.75, 3.05) is 6.54 Å². The number of phenolic OH excluding ortho intramolecular Hbond substituents is 1. The molecule has 17 heteroatoms. The van der Waals surface area contributed by atoms with E-state index in [1.807, 2.05) is 0 Å². The Bertz CT molecular complexity index is 1460. The molecule has 282 valence electrons. The van der Waals surface area contributed by atoms with Crippen LogP contribution in [-0.2, 0) is 40.0 Å². The number of nitrogens with one attached hydrogen (secondary N) is 6. The quantitative estimate of drug-likeness (QED) is 0.151. The first-order valence-corrected chi connectivity index (χ1v) is 17.0. The monoisotopic (exact) mass is 717 g/mol. The number of benzene rings is 1. The van der Waals surface area contributed by atoms with Gasteiger partial charge in [-0.3, -0.25) is 38.5 Å². The number of aliphatic hydroxyl groups is 1. The first-order chi connectivity index (χ1) is 23.7. The maximum Gasteiger partial charge on any atom is 0.305 e. The molecule has 1 unspecified atom stereocenters. The molecule has 3 rings (SSSR count). The summed E-state index contributed by atoms with van der Waals surface area (Å²) in [6.07, 6.45) is -3.23. The maximum absolute atomic E-state index is 14.0. The fourth-order valence-corrected chi connectivity index (χ4v) is 5.98. The number of aliphatic hydroxyl groups excluding tert-OH is 1. The zero-order chi connectivity index (χ0) is 38.2. The number of hydrogen-bond acceptors (Lipinski definition) is 10. The van der Waals surface area contributed by atoms with Gasteiger partial charge in [0.2, 0.25) is 29.5 Å². The average Bonchev–Trinajstić information content (AvgIpc) is 3.50. The van der Waals surface area contributed by atoms with Crippen molar-refractivity contribution in [3.05, 3.63) is 29.8 Å². The highest BCUT2D eigenvalue weighted by atomic mass is 16.4. The molecule has 7 atom stereocenters. The summed E-state index contributed by atoms with van der Waals surface area (Å²) in [6.45, 7) is 10.1. The van der Waals surface area contributed by atoms with Crippen molar-refractivity contribution < 1.29 is 48.9 Å². The lowest BCUT2D eigenvalue weighted by atomic mass is 10.00. The second-order valence-corrected chi connectivity index (χ2v) is 14.6. The van der Waals surface area contributed by atoms with Crippen LogP contribution in [0.1, 0.15) is 72.8 Å². The molecule has 0 spiro atoms. The minimum Gasteiger partial charge on any atom is -0.508 e. The smallest absolute Gasteiger partial charge is 0.305 e. The summed E-state index contributed by atoms with van der Waals surface area (Å²) in [5, 5.41) is 45.3. The van der Waals surface area contributed by atoms with Crippen LogP contribution in [0.25, 0.3) is 0 Å². The number of rotatable bonds is 8. The largest absolute Gasteiger partial charge is 0.508 e. The van der Waals surface area contributed by atoms with E-state index >= 15 is 0 Å². The third-order valence-electron chi connectivity index (χ3n) is 8.38. The molecular weight excluding hydrogens is 666 g/mol. The van der Waals surface area contributed by atoms with Gasteiger partial charge < -0.3 is 47.2 Å². The van der Waals surface area contributed by atoms with E-state index in [9.17, 15) is 48.9 Å². The van der Waals surface area contributed by atoms with E-state index in [2.05, 4.69) is 31.9 Å². The van der Waals surface area contributed by atoms with E-state index in [0.29, 0.717) is 12.0 Å². The summed E-state index contributed by atoms with van der Waals surface area (Å²) in [6, 6.07) is -1.05. The Kier molecular flexibility index (Phi) is 13.9. The van der Waals surface area contributed by atoms with Crippen molar-refractivity contribution in [1.29, 1.82) is 0 Å². The van der Waals surface area contributed by atoms with Gasteiger partial charge in [-0.05, 0) is 70.6 Å². The molecule has 1 aromatic rings. The maximum atomic E-state index is 14.0. The highest BCUT2D eigenvalue weighted by molar-refractivity contribution is 5.98. The summed E-state index contributed by atoms with van der Waals surface area (Å²) in [5.74, 6) is -6.73. The van der Waals surface area contributed by atoms with Crippen molar-refractivity contribution in [2.45, 2.75) is 122 Å². The number of carboxylic acids is 1. The normalized spacial score (nSPS) is 26.5. The predicted octanol–water partition coefficient (Wildman–Crippen LogP) is -1.39. The standard InChI is InChI=1S/C34H51N7O10/c1-17(2)14-21-28(46)36-23(16-25(44)45)30(48)38-26(18(3)42)32(50)39-27(33(51)40-34(4,5)6)41-13-7-8-24(41)31(49)37-22(29(47)35-21)15-19-9-11-20(43)12-10-19/h9-12,17-18,21-24,26-27,42-43H,7-8,13-16H2,1-6H3,(H,35,47)(H,36,46)(H,37,49)(H,38,48)(H,39,50)(H,40,51)(H,44,45)/t18-,21+,22-,23+,24+,26?,27+/m1/s1. The molecule has 0 bridgehead atoms. The number of amides is 6. The number of carboxylic acid groups (broad SMARTS) is 1. The van der Waals surface area contributed by atoms with Gasteiger partial charge in [0.25, 0.3) is 5.91 Å². The topological polar surface area (TPSA) is 256 Å². The molecule has 51 heavy (non-hydrogen) atoms. The first-order valence-electron chi connectivity index (χ1n) is 17.0. The lowest BCUT2D eigenvalue weighted by Gasteiger charge is -2.35. The van der Waals surface area contributed by atoms with Gasteiger partial charge in [0.1, 0.15) is 29.9 Å². The molecule has 1 aromatic carbocycles. The summed E-state index contributed by atoms with van der Waals surface area (Å²) in [5.41, 5.74) is -0.211. The number of aliphatic carboxylic acids is 1. The number of carbonyl (C=O) groups is 7. The van der Waals surface area contributed by atoms with Crippen LogP contribution in [0.15, 0.2) is 24.3 Å². The number of hydrogen-bond donors (Lipinski definition) is 9. The minimum atomic E-state index is -1.73. The van der Waals surface area contributed by atoms with Crippen LogP contribution in [-0.4, -0.2) is 116 Å². The Morgan fingerprint density at radius 1 is 0.843 bits per heavy atom. The number of fused-ring (bicyclic) bond motifs is 1. The Morgan fingerprint density at radius 3 is 1.98 bits per heavy atom. The SMILES string of the molecule is CC(C)C[C@@H]1NC(=O)[C@@H](Cc2ccc(O)cc2)NC(=O)[C@@H]2CCCN2[C@@H](C(=O)NC(C)(C)C)NC(=O)C([C@@H](C)O)NC(=O)[C@H](CC(=O)O)NC1=O. The third kappa shape index (κ3) is 11.9. The van der Waals surface area contributed by atoms with Crippen molar-refractivity contribution in [2.24, 2.45) is 5.92 Å². The van der Waals surface area contributed by atoms with Gasteiger partial charge in [0.15, 0.2) is 6.17 Å². The number of nitrogens with zero attached hydrogens (tertiary/aromatic N) is 1. The molecule has 0 saturated carbocycles. The van der Waals surface area contributed by atoms with Crippen molar-refractivity contribution in [3.63, 3.8) is 0 Å². The molecule has 17 nitrogen and oxygen atoms in total. The molecule has 2 aliphatic heterocycles. The van der Waals surface area contributed by atoms with Crippen LogP contribution in [0.2, 0.25) is 0 Å². The second-order valence-electron chi connectivity index (χ2n) is 14.6. The van der Waals surface area contributed by atoms with E-state index in [1.54, 1.807) is 46.8 Å².